The van der Waals surface area contributed by atoms with E-state index in [1.165, 1.54) is 23.1 Å². The number of nitrogens with one attached hydrogen (secondary N) is 1. The third kappa shape index (κ3) is 5.07. The maximum absolute atomic E-state index is 15.6. The lowest BCUT2D eigenvalue weighted by Gasteiger charge is -2.38. The zero-order valence-electron chi connectivity index (χ0n) is 20.8. The van der Waals surface area contributed by atoms with Gasteiger partial charge in [0.25, 0.3) is 0 Å². The fourth-order valence-electron chi connectivity index (χ4n) is 4.62. The van der Waals surface area contributed by atoms with Crippen LogP contribution in [0.4, 0.5) is 23.5 Å². The molecule has 2 aliphatic heterocycles. The summed E-state index contributed by atoms with van der Waals surface area (Å²) in [6.45, 7) is 6.72. The van der Waals surface area contributed by atoms with Gasteiger partial charge in [-0.2, -0.15) is 0 Å². The summed E-state index contributed by atoms with van der Waals surface area (Å²) in [5.74, 6) is -0.928. The van der Waals surface area contributed by atoms with Gasteiger partial charge in [-0.05, 0) is 39.0 Å². The molecule has 0 aliphatic carbocycles. The van der Waals surface area contributed by atoms with Gasteiger partial charge in [-0.1, -0.05) is 22.9 Å². The van der Waals surface area contributed by atoms with E-state index in [1.807, 2.05) is 4.90 Å². The molecule has 3 heterocycles. The highest BCUT2D eigenvalue weighted by atomic mass is 35.5. The number of amides is 2. The molecule has 2 aliphatic rings. The number of hydrogen-bond acceptors (Lipinski definition) is 7. The van der Waals surface area contributed by atoms with E-state index in [1.54, 1.807) is 20.8 Å². The van der Waals surface area contributed by atoms with Crippen molar-refractivity contribution in [1.29, 1.82) is 0 Å². The van der Waals surface area contributed by atoms with Crippen molar-refractivity contribution in [2.45, 2.75) is 39.0 Å². The van der Waals surface area contributed by atoms with E-state index in [2.05, 4.69) is 10.3 Å². The molecule has 13 heteroatoms. The van der Waals surface area contributed by atoms with Crippen LogP contribution in [0.5, 0.6) is 5.75 Å². The van der Waals surface area contributed by atoms with E-state index < -0.39 is 29.4 Å². The Morgan fingerprint density at radius 3 is 2.74 bits per heavy atom. The summed E-state index contributed by atoms with van der Waals surface area (Å²) >= 11 is 7.62. The van der Waals surface area contributed by atoms with E-state index in [0.29, 0.717) is 30.9 Å². The molecule has 5 rings (SSSR count). The number of hydrogen-bond donors (Lipinski definition) is 2. The first-order valence-corrected chi connectivity index (χ1v) is 13.1. The number of carbonyl (C=O) groups excluding carboxylic acids is 1. The molecule has 38 heavy (non-hydrogen) atoms. The zero-order valence-corrected chi connectivity index (χ0v) is 22.4. The van der Waals surface area contributed by atoms with Crippen LogP contribution in [0.25, 0.3) is 21.3 Å². The van der Waals surface area contributed by atoms with E-state index in [-0.39, 0.29) is 50.7 Å². The van der Waals surface area contributed by atoms with Crippen LogP contribution in [-0.4, -0.2) is 70.0 Å². The molecule has 1 aromatic heterocycles. The van der Waals surface area contributed by atoms with Crippen LogP contribution in [0, 0.1) is 11.6 Å². The molecule has 2 aromatic carbocycles. The van der Waals surface area contributed by atoms with Crippen molar-refractivity contribution in [1.82, 2.24) is 14.8 Å². The standard InChI is InChI=1S/C25H25ClF2N4O5S/c1-25(2,3)37-23(33)30-22-29-19-14(4-5-15(27)21(19)38-22)17-16(28)8-12-9-31-6-7-32(24(34)35)10-13(31)11-36-20(12)18(17)26/h4-5,8,13H,6-7,9-11H2,1-3H3,(H,34,35)(H,29,30,33). The Kier molecular flexibility index (Phi) is 6.82. The first-order chi connectivity index (χ1) is 17.9. The monoisotopic (exact) mass is 566 g/mol. The predicted octanol–water partition coefficient (Wildman–Crippen LogP) is 5.80. The van der Waals surface area contributed by atoms with Crippen molar-refractivity contribution in [2.24, 2.45) is 0 Å². The molecule has 3 aromatic rings. The van der Waals surface area contributed by atoms with E-state index in [0.717, 1.165) is 11.3 Å². The Hall–Kier alpha value is -3.22. The molecule has 0 spiro atoms. The van der Waals surface area contributed by atoms with Crippen molar-refractivity contribution < 1.29 is 33.0 Å². The maximum Gasteiger partial charge on any atom is 0.413 e. The molecular weight excluding hydrogens is 542 g/mol. The summed E-state index contributed by atoms with van der Waals surface area (Å²) in [7, 11) is 0. The molecule has 202 valence electrons. The van der Waals surface area contributed by atoms with Crippen LogP contribution < -0.4 is 10.1 Å². The zero-order chi connectivity index (χ0) is 27.4. The smallest absolute Gasteiger partial charge is 0.413 e. The molecule has 1 saturated heterocycles. The highest BCUT2D eigenvalue weighted by molar-refractivity contribution is 7.22. The number of rotatable bonds is 2. The maximum atomic E-state index is 15.6. The van der Waals surface area contributed by atoms with Crippen molar-refractivity contribution >= 4 is 50.5 Å². The van der Waals surface area contributed by atoms with Gasteiger partial charge in [0, 0.05) is 42.9 Å². The minimum Gasteiger partial charge on any atom is -0.490 e. The van der Waals surface area contributed by atoms with Gasteiger partial charge in [0.1, 0.15) is 29.6 Å². The van der Waals surface area contributed by atoms with Crippen LogP contribution in [-0.2, 0) is 11.3 Å². The third-order valence-corrected chi connectivity index (χ3v) is 7.63. The second kappa shape index (κ2) is 9.83. The molecule has 2 N–H and O–H groups in total. The predicted molar refractivity (Wildman–Crippen MR) is 139 cm³/mol. The summed E-state index contributed by atoms with van der Waals surface area (Å²) in [5.41, 5.74) is 0.158. The molecule has 0 saturated carbocycles. The van der Waals surface area contributed by atoms with E-state index >= 15 is 4.39 Å². The molecule has 0 bridgehead atoms. The SMILES string of the molecule is CC(C)(C)OC(=O)Nc1nc2c(-c3c(F)cc4c(c3Cl)OCC3CN(C(=O)O)CCN3C4)ccc(F)c2s1. The topological polar surface area (TPSA) is 104 Å². The summed E-state index contributed by atoms with van der Waals surface area (Å²) in [5, 5.41) is 12.0. The molecule has 2 amide bonds. The number of carboxylic acid groups (broad SMARTS) is 1. The lowest BCUT2D eigenvalue weighted by atomic mass is 10.0. The minimum atomic E-state index is -0.998. The first-order valence-electron chi connectivity index (χ1n) is 11.9. The molecule has 1 atom stereocenters. The molecule has 9 nitrogen and oxygen atoms in total. The molecule has 1 unspecified atom stereocenters. The Bertz CT molecular complexity index is 1440. The van der Waals surface area contributed by atoms with Crippen LogP contribution >= 0.6 is 22.9 Å². The van der Waals surface area contributed by atoms with Gasteiger partial charge in [-0.3, -0.25) is 10.2 Å². The first kappa shape index (κ1) is 26.4. The van der Waals surface area contributed by atoms with Gasteiger partial charge < -0.3 is 19.5 Å². The minimum absolute atomic E-state index is 0.00318. The second-order valence-electron chi connectivity index (χ2n) is 10.1. The Morgan fingerprint density at radius 2 is 2.03 bits per heavy atom. The summed E-state index contributed by atoms with van der Waals surface area (Å²) < 4.78 is 41.7. The van der Waals surface area contributed by atoms with E-state index in [9.17, 15) is 19.1 Å². The summed E-state index contributed by atoms with van der Waals surface area (Å²) in [6, 6.07) is 3.70. The second-order valence-corrected chi connectivity index (χ2v) is 11.5. The molecule has 1 fully saturated rings. The Labute approximate surface area is 225 Å². The largest absolute Gasteiger partial charge is 0.490 e. The van der Waals surface area contributed by atoms with Crippen molar-refractivity contribution in [3.63, 3.8) is 0 Å². The van der Waals surface area contributed by atoms with Crippen LogP contribution in [0.2, 0.25) is 5.02 Å². The average molecular weight is 567 g/mol. The lowest BCUT2D eigenvalue weighted by Crippen LogP contribution is -2.55. The molecular formula is C25H25ClF2N4O5S. The number of benzene rings is 2. The quantitative estimate of drug-likeness (QED) is 0.404. The van der Waals surface area contributed by atoms with Gasteiger partial charge in [0.05, 0.1) is 21.3 Å². The number of thiazole rings is 1. The number of anilines is 1. The van der Waals surface area contributed by atoms with Crippen molar-refractivity contribution in [3.8, 4) is 16.9 Å². The number of aromatic nitrogens is 1. The average Bonchev–Trinajstić information content (AvgIpc) is 3.14. The summed E-state index contributed by atoms with van der Waals surface area (Å²) in [4.78, 5) is 31.4. The van der Waals surface area contributed by atoms with Crippen LogP contribution in [0.3, 0.4) is 0 Å². The number of ether oxygens (including phenoxy) is 2. The highest BCUT2D eigenvalue weighted by Crippen LogP contribution is 2.45. The number of nitrogens with zero attached hydrogens (tertiary/aromatic N) is 3. The normalized spacial score (nSPS) is 17.8. The third-order valence-electron chi connectivity index (χ3n) is 6.29. The lowest BCUT2D eigenvalue weighted by molar-refractivity contribution is 0.0503. The molecule has 0 radical (unpaired) electrons. The number of piperazine rings is 1. The summed E-state index contributed by atoms with van der Waals surface area (Å²) in [6.07, 6.45) is -1.75. The van der Waals surface area contributed by atoms with Crippen molar-refractivity contribution in [2.75, 3.05) is 31.6 Å². The van der Waals surface area contributed by atoms with E-state index in [4.69, 9.17) is 21.1 Å². The Morgan fingerprint density at radius 1 is 1.26 bits per heavy atom. The van der Waals surface area contributed by atoms with Crippen molar-refractivity contribution in [3.05, 3.63) is 40.4 Å². The number of halogens is 3. The fourth-order valence-corrected chi connectivity index (χ4v) is 5.87. The van der Waals surface area contributed by atoms with Crippen LogP contribution in [0.1, 0.15) is 26.3 Å². The van der Waals surface area contributed by atoms with Gasteiger partial charge >= 0.3 is 12.2 Å². The van der Waals surface area contributed by atoms with Gasteiger partial charge in [0.2, 0.25) is 0 Å². The number of fused-ring (bicyclic) bond motifs is 3. The van der Waals surface area contributed by atoms with Crippen LogP contribution in [0.15, 0.2) is 18.2 Å². The fraction of sp³-hybridized carbons (Fsp3) is 0.400. The highest BCUT2D eigenvalue weighted by Gasteiger charge is 2.34. The van der Waals surface area contributed by atoms with Gasteiger partial charge in [-0.15, -0.1) is 0 Å². The number of carbonyl (C=O) groups is 2. The van der Waals surface area contributed by atoms with Gasteiger partial charge in [-0.25, -0.2) is 23.4 Å². The van der Waals surface area contributed by atoms with Gasteiger partial charge in [0.15, 0.2) is 5.13 Å². The Balaban J connectivity index is 1.51.